The van der Waals surface area contributed by atoms with E-state index in [0.29, 0.717) is 36.6 Å². The van der Waals surface area contributed by atoms with Gasteiger partial charge in [-0.3, -0.25) is 14.6 Å². The minimum absolute atomic E-state index is 0.0874. The van der Waals surface area contributed by atoms with Crippen LogP contribution in [-0.4, -0.2) is 32.3 Å². The molecule has 4 rings (SSSR count). The number of H-pyrrole nitrogens is 1. The first kappa shape index (κ1) is 18.1. The molecule has 1 atom stereocenters. The monoisotopic (exact) mass is 374 g/mol. The molecule has 1 N–H and O–H groups in total. The van der Waals surface area contributed by atoms with Gasteiger partial charge >= 0.3 is 0 Å². The van der Waals surface area contributed by atoms with Crippen LogP contribution in [-0.2, 0) is 17.8 Å². The predicted octanol–water partition coefficient (Wildman–Crippen LogP) is 2.91. The van der Waals surface area contributed by atoms with E-state index in [1.807, 2.05) is 48.2 Å². The highest BCUT2D eigenvalue weighted by molar-refractivity contribution is 5.84. The van der Waals surface area contributed by atoms with Crippen molar-refractivity contribution in [2.45, 2.75) is 32.2 Å². The number of pyridine rings is 1. The maximum absolute atomic E-state index is 13.2. The highest BCUT2D eigenvalue weighted by Crippen LogP contribution is 2.25. The van der Waals surface area contributed by atoms with Gasteiger partial charge in [-0.25, -0.2) is 4.98 Å². The summed E-state index contributed by atoms with van der Waals surface area (Å²) < 4.78 is 0. The Morgan fingerprint density at radius 1 is 1.21 bits per heavy atom. The minimum Gasteiger partial charge on any atom is -0.336 e. The largest absolute Gasteiger partial charge is 0.336 e. The van der Waals surface area contributed by atoms with Gasteiger partial charge in [-0.1, -0.05) is 37.3 Å². The van der Waals surface area contributed by atoms with Gasteiger partial charge < -0.3 is 9.88 Å². The quantitative estimate of drug-likeness (QED) is 0.762. The summed E-state index contributed by atoms with van der Waals surface area (Å²) in [4.78, 5) is 39.1. The maximum atomic E-state index is 13.2. The van der Waals surface area contributed by atoms with Crippen LogP contribution in [0.2, 0.25) is 0 Å². The third-order valence-corrected chi connectivity index (χ3v) is 5.23. The zero-order valence-electron chi connectivity index (χ0n) is 15.8. The summed E-state index contributed by atoms with van der Waals surface area (Å²) in [5, 5.41) is 0. The number of carbonyl (C=O) groups is 1. The standard InChI is InChI=1S/C22H22N4O2/c1-2-17(15-7-4-3-5-8-15)22(28)26-12-10-18-19(14-26)24-20(25-21(18)27)16-9-6-11-23-13-16/h3-9,11,13,17H,2,10,12,14H2,1H3,(H,24,25,27). The van der Waals surface area contributed by atoms with Gasteiger partial charge in [0.25, 0.3) is 5.56 Å². The van der Waals surface area contributed by atoms with Crippen molar-refractivity contribution in [3.05, 3.63) is 82.0 Å². The number of hydrogen-bond donors (Lipinski definition) is 1. The van der Waals surface area contributed by atoms with E-state index < -0.39 is 0 Å². The minimum atomic E-state index is -0.178. The van der Waals surface area contributed by atoms with Gasteiger partial charge in [0.1, 0.15) is 5.82 Å². The summed E-state index contributed by atoms with van der Waals surface area (Å²) in [6.45, 7) is 2.91. The average Bonchev–Trinajstić information content (AvgIpc) is 2.75. The van der Waals surface area contributed by atoms with Crippen LogP contribution in [0, 0.1) is 0 Å². The van der Waals surface area contributed by atoms with Crippen LogP contribution < -0.4 is 5.56 Å². The summed E-state index contributed by atoms with van der Waals surface area (Å²) in [5.41, 5.74) is 2.98. The molecule has 0 radical (unpaired) electrons. The Kier molecular flexibility index (Phi) is 5.02. The Morgan fingerprint density at radius 2 is 2.04 bits per heavy atom. The molecule has 1 aliphatic rings. The van der Waals surface area contributed by atoms with Crippen molar-refractivity contribution < 1.29 is 4.79 Å². The van der Waals surface area contributed by atoms with E-state index in [4.69, 9.17) is 0 Å². The Morgan fingerprint density at radius 3 is 2.75 bits per heavy atom. The Hall–Kier alpha value is -3.28. The molecular weight excluding hydrogens is 352 g/mol. The molecule has 3 aromatic rings. The van der Waals surface area contributed by atoms with E-state index >= 15 is 0 Å². The normalized spacial score (nSPS) is 14.4. The highest BCUT2D eigenvalue weighted by atomic mass is 16.2. The first-order valence-corrected chi connectivity index (χ1v) is 9.53. The highest BCUT2D eigenvalue weighted by Gasteiger charge is 2.29. The number of hydrogen-bond acceptors (Lipinski definition) is 4. The van der Waals surface area contributed by atoms with Crippen molar-refractivity contribution >= 4 is 5.91 Å². The molecule has 0 fully saturated rings. The number of fused-ring (bicyclic) bond motifs is 1. The molecule has 28 heavy (non-hydrogen) atoms. The van der Waals surface area contributed by atoms with Crippen LogP contribution in [0.25, 0.3) is 11.4 Å². The van der Waals surface area contributed by atoms with E-state index in [-0.39, 0.29) is 17.4 Å². The van der Waals surface area contributed by atoms with Crippen molar-refractivity contribution in [1.82, 2.24) is 19.9 Å². The fraction of sp³-hybridized carbons (Fsp3) is 0.273. The van der Waals surface area contributed by atoms with Gasteiger partial charge in [0.2, 0.25) is 5.91 Å². The molecule has 0 bridgehead atoms. The maximum Gasteiger partial charge on any atom is 0.254 e. The third-order valence-electron chi connectivity index (χ3n) is 5.23. The number of rotatable bonds is 4. The van der Waals surface area contributed by atoms with E-state index in [0.717, 1.165) is 17.5 Å². The van der Waals surface area contributed by atoms with Crippen LogP contribution >= 0.6 is 0 Å². The molecular formula is C22H22N4O2. The van der Waals surface area contributed by atoms with Crippen molar-refractivity contribution in [1.29, 1.82) is 0 Å². The average molecular weight is 374 g/mol. The summed E-state index contributed by atoms with van der Waals surface area (Å²) in [5.74, 6) is 0.396. The lowest BCUT2D eigenvalue weighted by molar-refractivity contribution is -0.133. The Balaban J connectivity index is 1.63. The van der Waals surface area contributed by atoms with Crippen molar-refractivity contribution in [2.75, 3.05) is 6.54 Å². The molecule has 1 unspecified atom stereocenters. The molecule has 1 aromatic carbocycles. The lowest BCUT2D eigenvalue weighted by Gasteiger charge is -2.31. The molecule has 3 heterocycles. The van der Waals surface area contributed by atoms with Gasteiger partial charge in [-0.2, -0.15) is 0 Å². The molecule has 0 aliphatic carbocycles. The van der Waals surface area contributed by atoms with E-state index in [2.05, 4.69) is 15.0 Å². The molecule has 142 valence electrons. The summed E-state index contributed by atoms with van der Waals surface area (Å²) in [6, 6.07) is 13.5. The number of carbonyl (C=O) groups excluding carboxylic acids is 1. The summed E-state index contributed by atoms with van der Waals surface area (Å²) >= 11 is 0. The number of aromatic amines is 1. The first-order valence-electron chi connectivity index (χ1n) is 9.53. The van der Waals surface area contributed by atoms with Crippen LogP contribution in [0.1, 0.15) is 36.1 Å². The van der Waals surface area contributed by atoms with Gasteiger partial charge in [-0.15, -0.1) is 0 Å². The molecule has 0 spiro atoms. The van der Waals surface area contributed by atoms with Crippen LogP contribution in [0.5, 0.6) is 0 Å². The van der Waals surface area contributed by atoms with Gasteiger partial charge in [-0.05, 0) is 30.5 Å². The van der Waals surface area contributed by atoms with E-state index in [1.165, 1.54) is 0 Å². The molecule has 0 saturated carbocycles. The number of amides is 1. The molecule has 2 aromatic heterocycles. The second-order valence-electron chi connectivity index (χ2n) is 6.96. The predicted molar refractivity (Wildman–Crippen MR) is 107 cm³/mol. The molecule has 1 aliphatic heterocycles. The van der Waals surface area contributed by atoms with Gasteiger partial charge in [0, 0.05) is 30.1 Å². The second kappa shape index (κ2) is 7.76. The Labute approximate surface area is 163 Å². The number of nitrogens with one attached hydrogen (secondary N) is 1. The van der Waals surface area contributed by atoms with E-state index in [9.17, 15) is 9.59 Å². The zero-order valence-corrected chi connectivity index (χ0v) is 15.8. The third kappa shape index (κ3) is 3.45. The first-order chi connectivity index (χ1) is 13.7. The topological polar surface area (TPSA) is 79.0 Å². The number of aromatic nitrogens is 3. The smallest absolute Gasteiger partial charge is 0.254 e. The lowest BCUT2D eigenvalue weighted by Crippen LogP contribution is -2.41. The molecule has 0 saturated heterocycles. The summed E-state index contributed by atoms with van der Waals surface area (Å²) in [7, 11) is 0. The van der Waals surface area contributed by atoms with Gasteiger partial charge in [0.05, 0.1) is 18.2 Å². The summed E-state index contributed by atoms with van der Waals surface area (Å²) in [6.07, 6.45) is 4.59. The molecule has 6 heteroatoms. The van der Waals surface area contributed by atoms with Crippen LogP contribution in [0.15, 0.2) is 59.7 Å². The van der Waals surface area contributed by atoms with Gasteiger partial charge in [0.15, 0.2) is 0 Å². The second-order valence-corrected chi connectivity index (χ2v) is 6.96. The number of benzene rings is 1. The van der Waals surface area contributed by atoms with Crippen LogP contribution in [0.4, 0.5) is 0 Å². The molecule has 6 nitrogen and oxygen atoms in total. The number of nitrogens with zero attached hydrogens (tertiary/aromatic N) is 3. The fourth-order valence-electron chi connectivity index (χ4n) is 3.73. The molecule has 1 amide bonds. The fourth-order valence-corrected chi connectivity index (χ4v) is 3.73. The van der Waals surface area contributed by atoms with Crippen LogP contribution in [0.3, 0.4) is 0 Å². The lowest BCUT2D eigenvalue weighted by atomic mass is 9.94. The van der Waals surface area contributed by atoms with Crippen molar-refractivity contribution in [3.8, 4) is 11.4 Å². The Bertz CT molecular complexity index is 1030. The SMILES string of the molecule is CCC(C(=O)N1CCc2c(nc(-c3cccnc3)[nH]c2=O)C1)c1ccccc1. The van der Waals surface area contributed by atoms with Crippen molar-refractivity contribution in [3.63, 3.8) is 0 Å². The van der Waals surface area contributed by atoms with E-state index in [1.54, 1.807) is 18.5 Å². The zero-order chi connectivity index (χ0) is 19.5. The van der Waals surface area contributed by atoms with Crippen molar-refractivity contribution in [2.24, 2.45) is 0 Å².